The summed E-state index contributed by atoms with van der Waals surface area (Å²) in [6.45, 7) is 4.98. The second-order valence-corrected chi connectivity index (χ2v) is 11.2. The summed E-state index contributed by atoms with van der Waals surface area (Å²) in [4.78, 5) is 25.7. The molecule has 3 aromatic carbocycles. The quantitative estimate of drug-likeness (QED) is 0.146. The fraction of sp³-hybridized carbons (Fsp3) is 0.333. The molecule has 0 aliphatic heterocycles. The van der Waals surface area contributed by atoms with Crippen molar-refractivity contribution in [3.8, 4) is 11.5 Å². The lowest BCUT2D eigenvalue weighted by Gasteiger charge is -2.23. The first-order chi connectivity index (χ1) is 21.6. The Balaban J connectivity index is 2.11. The second-order valence-electron chi connectivity index (χ2n) is 11.2. The van der Waals surface area contributed by atoms with Gasteiger partial charge >= 0.3 is 36.6 Å². The molecule has 0 aliphatic rings. The minimum absolute atomic E-state index is 0.0243. The minimum atomic E-state index is -5.36. The van der Waals surface area contributed by atoms with E-state index in [0.717, 1.165) is 18.2 Å². The molecule has 0 saturated carbocycles. The lowest BCUT2D eigenvalue weighted by Crippen LogP contribution is -2.38. The zero-order valence-electron chi connectivity index (χ0n) is 24.6. The first-order valence-electron chi connectivity index (χ1n) is 13.3. The van der Waals surface area contributed by atoms with E-state index in [1.165, 1.54) is 0 Å². The molecule has 0 spiro atoms. The topological polar surface area (TPSA) is 84.9 Å². The molecular formula is C30H23F12NO5. The van der Waals surface area contributed by atoms with Gasteiger partial charge in [0.05, 0.1) is 39.5 Å². The number of esters is 2. The maximum Gasteiger partial charge on any atom is 0.416 e. The van der Waals surface area contributed by atoms with Gasteiger partial charge in [0.25, 0.3) is 0 Å². The fourth-order valence-electron chi connectivity index (χ4n) is 3.88. The molecule has 1 atom stereocenters. The molecule has 48 heavy (non-hydrogen) atoms. The van der Waals surface area contributed by atoms with Gasteiger partial charge in [-0.3, -0.25) is 0 Å². The number of aliphatic hydroxyl groups is 1. The van der Waals surface area contributed by atoms with Crippen LogP contribution in [0.5, 0.6) is 11.5 Å². The zero-order chi connectivity index (χ0) is 36.6. The van der Waals surface area contributed by atoms with Crippen molar-refractivity contribution in [1.82, 2.24) is 5.32 Å². The molecule has 0 aromatic heterocycles. The van der Waals surface area contributed by atoms with Gasteiger partial charge in [0.1, 0.15) is 0 Å². The summed E-state index contributed by atoms with van der Waals surface area (Å²) in [5.41, 5.74) is -10.8. The van der Waals surface area contributed by atoms with Crippen LogP contribution in [0.15, 0.2) is 54.6 Å². The molecule has 0 saturated heterocycles. The average molecular weight is 705 g/mol. The molecular weight excluding hydrogens is 682 g/mol. The van der Waals surface area contributed by atoms with Crippen LogP contribution >= 0.6 is 0 Å². The number of carbonyl (C=O) groups is 2. The highest BCUT2D eigenvalue weighted by Crippen LogP contribution is 2.39. The number of carbonyl (C=O) groups excluding carboxylic acids is 2. The van der Waals surface area contributed by atoms with Crippen molar-refractivity contribution in [1.29, 1.82) is 0 Å². The molecule has 262 valence electrons. The van der Waals surface area contributed by atoms with Crippen molar-refractivity contribution in [2.45, 2.75) is 57.1 Å². The Hall–Kier alpha value is -4.32. The first-order valence-corrected chi connectivity index (χ1v) is 13.3. The summed E-state index contributed by atoms with van der Waals surface area (Å²) in [6.07, 6.45) is -22.9. The number of halogens is 12. The van der Waals surface area contributed by atoms with Crippen molar-refractivity contribution in [3.05, 3.63) is 93.5 Å². The van der Waals surface area contributed by atoms with E-state index >= 15 is 0 Å². The number of aliphatic hydroxyl groups excluding tert-OH is 1. The number of hydrogen-bond acceptors (Lipinski definition) is 6. The maximum atomic E-state index is 13.3. The van der Waals surface area contributed by atoms with Crippen molar-refractivity contribution >= 4 is 11.9 Å². The summed E-state index contributed by atoms with van der Waals surface area (Å²) in [6, 6.07) is 2.16. The van der Waals surface area contributed by atoms with E-state index in [1.54, 1.807) is 20.8 Å². The third-order valence-corrected chi connectivity index (χ3v) is 6.23. The predicted octanol–water partition coefficient (Wildman–Crippen LogP) is 8.62. The monoisotopic (exact) mass is 705 g/mol. The number of β-amino-alcohol motifs (C(OH)–C–C–N with tert-alkyl or cyclic N) is 1. The van der Waals surface area contributed by atoms with E-state index in [4.69, 9.17) is 9.47 Å². The first kappa shape index (κ1) is 38.1. The fourth-order valence-corrected chi connectivity index (χ4v) is 3.88. The van der Waals surface area contributed by atoms with Gasteiger partial charge < -0.3 is 19.9 Å². The molecule has 0 amide bonds. The predicted molar refractivity (Wildman–Crippen MR) is 142 cm³/mol. The zero-order valence-corrected chi connectivity index (χ0v) is 24.6. The Morgan fingerprint density at radius 3 is 1.29 bits per heavy atom. The molecule has 0 fully saturated rings. The third kappa shape index (κ3) is 10.1. The van der Waals surface area contributed by atoms with Gasteiger partial charge in [-0.2, -0.15) is 52.7 Å². The van der Waals surface area contributed by atoms with Crippen molar-refractivity contribution in [2.75, 3.05) is 6.54 Å². The number of alkyl halides is 12. The summed E-state index contributed by atoms with van der Waals surface area (Å²) in [5.74, 6) is -5.59. The Morgan fingerprint density at radius 1 is 0.604 bits per heavy atom. The third-order valence-electron chi connectivity index (χ3n) is 6.23. The van der Waals surface area contributed by atoms with Gasteiger partial charge in [-0.25, -0.2) is 9.59 Å². The van der Waals surface area contributed by atoms with Crippen LogP contribution in [-0.4, -0.2) is 29.1 Å². The van der Waals surface area contributed by atoms with Crippen molar-refractivity contribution < 1.29 is 76.9 Å². The summed E-state index contributed by atoms with van der Waals surface area (Å²) in [5, 5.41) is 13.5. The van der Waals surface area contributed by atoms with Crippen LogP contribution in [0.25, 0.3) is 0 Å². The van der Waals surface area contributed by atoms with Crippen LogP contribution < -0.4 is 14.8 Å². The number of hydrogen-bond donors (Lipinski definition) is 2. The Labute approximate surface area is 263 Å². The van der Waals surface area contributed by atoms with Crippen LogP contribution in [0.3, 0.4) is 0 Å². The lowest BCUT2D eigenvalue weighted by atomic mass is 10.0. The average Bonchev–Trinajstić information content (AvgIpc) is 2.94. The van der Waals surface area contributed by atoms with Crippen LogP contribution in [0, 0.1) is 0 Å². The Kier molecular flexibility index (Phi) is 10.6. The molecule has 6 nitrogen and oxygen atoms in total. The summed E-state index contributed by atoms with van der Waals surface area (Å²) < 4.78 is 170. The summed E-state index contributed by atoms with van der Waals surface area (Å²) in [7, 11) is 0. The number of rotatable bonds is 7. The Bertz CT molecular complexity index is 1600. The van der Waals surface area contributed by atoms with E-state index < -0.39 is 93.2 Å². The molecule has 3 rings (SSSR count). The van der Waals surface area contributed by atoms with E-state index in [-0.39, 0.29) is 48.5 Å². The number of nitrogens with one attached hydrogen (secondary N) is 1. The van der Waals surface area contributed by atoms with Gasteiger partial charge in [-0.1, -0.05) is 6.07 Å². The van der Waals surface area contributed by atoms with E-state index in [9.17, 15) is 67.4 Å². The summed E-state index contributed by atoms with van der Waals surface area (Å²) >= 11 is 0. The highest BCUT2D eigenvalue weighted by molar-refractivity contribution is 5.94. The highest BCUT2D eigenvalue weighted by Gasteiger charge is 2.39. The number of ether oxygens (including phenoxy) is 2. The van der Waals surface area contributed by atoms with Crippen LogP contribution in [-0.2, 0) is 24.7 Å². The minimum Gasteiger partial charge on any atom is -0.419 e. The van der Waals surface area contributed by atoms with E-state index in [0.29, 0.717) is 0 Å². The SMILES string of the molecule is CC(C)(C)NCC(O)c1ccc(OC(=O)c2cc(C(F)(F)F)cc(C(F)(F)F)c2)c(OC(=O)c2cc(C(F)(F)F)cc(C(F)(F)F)c2)c1. The van der Waals surface area contributed by atoms with Gasteiger partial charge in [-0.15, -0.1) is 0 Å². The maximum absolute atomic E-state index is 13.3. The van der Waals surface area contributed by atoms with Gasteiger partial charge in [0, 0.05) is 12.1 Å². The van der Waals surface area contributed by atoms with E-state index in [2.05, 4.69) is 5.32 Å². The van der Waals surface area contributed by atoms with Crippen LogP contribution in [0.1, 0.15) is 75.4 Å². The smallest absolute Gasteiger partial charge is 0.416 e. The molecule has 0 aliphatic carbocycles. The second kappa shape index (κ2) is 13.3. The number of benzene rings is 3. The molecule has 0 bridgehead atoms. The highest BCUT2D eigenvalue weighted by atomic mass is 19.4. The molecule has 18 heteroatoms. The Morgan fingerprint density at radius 2 is 0.958 bits per heavy atom. The van der Waals surface area contributed by atoms with E-state index in [1.807, 2.05) is 0 Å². The molecule has 3 aromatic rings. The lowest BCUT2D eigenvalue weighted by molar-refractivity contribution is -0.144. The largest absolute Gasteiger partial charge is 0.419 e. The standard InChI is InChI=1S/C30H23F12NO5/c1-26(2,3)43-13-21(44)14-4-5-22(47-24(45)15-6-17(27(31,32)33)11-18(7-15)28(34,35)36)23(10-14)48-25(46)16-8-19(29(37,38)39)12-20(9-16)30(40,41)42/h4-12,21,43-44H,13H2,1-3H3. The molecule has 2 N–H and O–H groups in total. The van der Waals surface area contributed by atoms with Gasteiger partial charge in [-0.05, 0) is 74.9 Å². The normalized spacial score (nSPS) is 13.7. The molecule has 1 unspecified atom stereocenters. The van der Waals surface area contributed by atoms with Gasteiger partial charge in [0.2, 0.25) is 0 Å². The van der Waals surface area contributed by atoms with Crippen LogP contribution in [0.2, 0.25) is 0 Å². The van der Waals surface area contributed by atoms with Crippen molar-refractivity contribution in [2.24, 2.45) is 0 Å². The van der Waals surface area contributed by atoms with Crippen LogP contribution in [0.4, 0.5) is 52.7 Å². The van der Waals surface area contributed by atoms with Gasteiger partial charge in [0.15, 0.2) is 11.5 Å². The molecule has 0 heterocycles. The van der Waals surface area contributed by atoms with Crippen molar-refractivity contribution in [3.63, 3.8) is 0 Å². The molecule has 0 radical (unpaired) electrons.